The van der Waals surface area contributed by atoms with Crippen LogP contribution in [0.1, 0.15) is 32.1 Å². The molecule has 0 radical (unpaired) electrons. The molecule has 3 nitrogen and oxygen atoms in total. The van der Waals surface area contributed by atoms with Gasteiger partial charge in [0.15, 0.2) is 0 Å². The second-order valence-corrected chi connectivity index (χ2v) is 6.54. The van der Waals surface area contributed by atoms with Crippen LogP contribution in [-0.2, 0) is 0 Å². The molecule has 1 aliphatic carbocycles. The molecule has 3 rings (SSSR count). The molecule has 0 bridgehead atoms. The molecule has 2 atom stereocenters. The Kier molecular flexibility index (Phi) is 3.76. The lowest BCUT2D eigenvalue weighted by Crippen LogP contribution is -2.42. The van der Waals surface area contributed by atoms with E-state index in [0.29, 0.717) is 5.28 Å². The van der Waals surface area contributed by atoms with Crippen molar-refractivity contribution in [2.45, 2.75) is 32.1 Å². The van der Waals surface area contributed by atoms with E-state index in [-0.39, 0.29) is 0 Å². The summed E-state index contributed by atoms with van der Waals surface area (Å²) >= 11 is 9.43. The second-order valence-electron chi connectivity index (χ2n) is 5.35. The van der Waals surface area contributed by atoms with Gasteiger partial charge in [-0.2, -0.15) is 4.98 Å². The molecule has 2 aliphatic rings. The number of nitrogens with zero attached hydrogens (tertiary/aromatic N) is 3. The highest BCUT2D eigenvalue weighted by atomic mass is 79.9. The zero-order valence-electron chi connectivity index (χ0n) is 10.3. The van der Waals surface area contributed by atoms with Gasteiger partial charge in [-0.25, -0.2) is 4.98 Å². The Balaban J connectivity index is 1.79. The number of anilines is 1. The summed E-state index contributed by atoms with van der Waals surface area (Å²) in [6.45, 7) is 2.21. The lowest BCUT2D eigenvalue weighted by atomic mass is 9.75. The predicted molar refractivity (Wildman–Crippen MR) is 77.0 cm³/mol. The molecule has 0 amide bonds. The van der Waals surface area contributed by atoms with Crippen molar-refractivity contribution >= 4 is 33.3 Å². The summed E-state index contributed by atoms with van der Waals surface area (Å²) in [6.07, 6.45) is 8.64. The molecular formula is C13H17BrClN3. The molecule has 0 N–H and O–H groups in total. The number of hydrogen-bond acceptors (Lipinski definition) is 3. The van der Waals surface area contributed by atoms with E-state index in [0.717, 1.165) is 35.2 Å². The topological polar surface area (TPSA) is 29.0 Å². The van der Waals surface area contributed by atoms with Gasteiger partial charge in [0.05, 0.1) is 4.47 Å². The van der Waals surface area contributed by atoms with Gasteiger partial charge in [0.2, 0.25) is 5.28 Å². The first-order valence-electron chi connectivity index (χ1n) is 6.67. The van der Waals surface area contributed by atoms with Crippen molar-refractivity contribution in [2.24, 2.45) is 11.8 Å². The van der Waals surface area contributed by atoms with Crippen molar-refractivity contribution in [1.82, 2.24) is 9.97 Å². The Morgan fingerprint density at radius 3 is 2.83 bits per heavy atom. The third-order valence-corrected chi connectivity index (χ3v) is 5.03. The van der Waals surface area contributed by atoms with Gasteiger partial charge >= 0.3 is 0 Å². The summed E-state index contributed by atoms with van der Waals surface area (Å²) in [5.41, 5.74) is 0. The van der Waals surface area contributed by atoms with Crippen LogP contribution in [0.3, 0.4) is 0 Å². The van der Waals surface area contributed by atoms with Crippen LogP contribution in [0.25, 0.3) is 0 Å². The summed E-state index contributed by atoms with van der Waals surface area (Å²) < 4.78 is 0.946. The number of rotatable bonds is 1. The molecule has 0 spiro atoms. The molecular weight excluding hydrogens is 314 g/mol. The zero-order chi connectivity index (χ0) is 12.5. The first-order valence-corrected chi connectivity index (χ1v) is 7.84. The highest BCUT2D eigenvalue weighted by Gasteiger charge is 2.32. The van der Waals surface area contributed by atoms with E-state index in [2.05, 4.69) is 30.8 Å². The Morgan fingerprint density at radius 1 is 1.22 bits per heavy atom. The Labute approximate surface area is 121 Å². The van der Waals surface area contributed by atoms with E-state index in [4.69, 9.17) is 11.6 Å². The minimum absolute atomic E-state index is 0.332. The standard InChI is InChI=1S/C13H17BrClN3/c14-11-7-16-13(15)17-12(11)18-6-5-9-3-1-2-4-10(9)8-18/h7,9-10H,1-6,8H2. The largest absolute Gasteiger partial charge is 0.355 e. The van der Waals surface area contributed by atoms with Crippen LogP contribution in [0.4, 0.5) is 5.82 Å². The quantitative estimate of drug-likeness (QED) is 0.731. The van der Waals surface area contributed by atoms with E-state index in [1.807, 2.05) is 0 Å². The van der Waals surface area contributed by atoms with Gasteiger partial charge in [0, 0.05) is 19.3 Å². The van der Waals surface area contributed by atoms with Crippen LogP contribution in [0.5, 0.6) is 0 Å². The molecule has 2 heterocycles. The van der Waals surface area contributed by atoms with E-state index >= 15 is 0 Å². The molecule has 1 aromatic rings. The van der Waals surface area contributed by atoms with Crippen LogP contribution < -0.4 is 4.90 Å². The third kappa shape index (κ3) is 2.50. The molecule has 1 saturated heterocycles. The maximum atomic E-state index is 5.90. The van der Waals surface area contributed by atoms with Crippen molar-refractivity contribution in [3.63, 3.8) is 0 Å². The molecule has 0 aromatic carbocycles. The predicted octanol–water partition coefficient (Wildman–Crippen LogP) is 3.91. The average molecular weight is 331 g/mol. The Bertz CT molecular complexity index is 440. The Hall–Kier alpha value is -0.350. The maximum absolute atomic E-state index is 5.90. The molecule has 1 saturated carbocycles. The van der Waals surface area contributed by atoms with E-state index in [1.165, 1.54) is 32.1 Å². The summed E-state index contributed by atoms with van der Waals surface area (Å²) in [5, 5.41) is 0.332. The van der Waals surface area contributed by atoms with Crippen LogP contribution >= 0.6 is 27.5 Å². The van der Waals surface area contributed by atoms with Gasteiger partial charge in [0.25, 0.3) is 0 Å². The molecule has 5 heteroatoms. The summed E-state index contributed by atoms with van der Waals surface area (Å²) in [5.74, 6) is 2.73. The molecule has 18 heavy (non-hydrogen) atoms. The molecule has 98 valence electrons. The van der Waals surface area contributed by atoms with Gasteiger partial charge in [-0.3, -0.25) is 0 Å². The third-order valence-electron chi connectivity index (χ3n) is 4.29. The van der Waals surface area contributed by atoms with Crippen molar-refractivity contribution in [3.8, 4) is 0 Å². The Morgan fingerprint density at radius 2 is 2.00 bits per heavy atom. The van der Waals surface area contributed by atoms with Gasteiger partial charge < -0.3 is 4.90 Å². The average Bonchev–Trinajstić information content (AvgIpc) is 2.41. The fraction of sp³-hybridized carbons (Fsp3) is 0.692. The zero-order valence-corrected chi connectivity index (χ0v) is 12.6. The van der Waals surface area contributed by atoms with E-state index in [1.54, 1.807) is 6.20 Å². The number of piperidine rings is 1. The monoisotopic (exact) mass is 329 g/mol. The number of aromatic nitrogens is 2. The van der Waals surface area contributed by atoms with Gasteiger partial charge in [-0.05, 0) is 52.2 Å². The van der Waals surface area contributed by atoms with Gasteiger partial charge in [-0.1, -0.05) is 19.3 Å². The summed E-state index contributed by atoms with van der Waals surface area (Å²) in [4.78, 5) is 10.7. The number of hydrogen-bond donors (Lipinski definition) is 0. The highest BCUT2D eigenvalue weighted by molar-refractivity contribution is 9.10. The smallest absolute Gasteiger partial charge is 0.224 e. The normalized spacial score (nSPS) is 28.0. The molecule has 2 unspecified atom stereocenters. The van der Waals surface area contributed by atoms with Gasteiger partial charge in [0.1, 0.15) is 5.82 Å². The second kappa shape index (κ2) is 5.33. The molecule has 1 aliphatic heterocycles. The fourth-order valence-electron chi connectivity index (χ4n) is 3.35. The van der Waals surface area contributed by atoms with Crippen molar-refractivity contribution in [1.29, 1.82) is 0 Å². The first-order chi connectivity index (χ1) is 8.74. The molecule has 2 fully saturated rings. The minimum atomic E-state index is 0.332. The van der Waals surface area contributed by atoms with Crippen LogP contribution in [0, 0.1) is 11.8 Å². The van der Waals surface area contributed by atoms with Crippen LogP contribution in [-0.4, -0.2) is 23.1 Å². The van der Waals surface area contributed by atoms with Crippen LogP contribution in [0.2, 0.25) is 5.28 Å². The lowest BCUT2D eigenvalue weighted by molar-refractivity contribution is 0.202. The number of halogens is 2. The lowest BCUT2D eigenvalue weighted by Gasteiger charge is -2.42. The number of fused-ring (bicyclic) bond motifs is 1. The van der Waals surface area contributed by atoms with Crippen molar-refractivity contribution < 1.29 is 0 Å². The van der Waals surface area contributed by atoms with E-state index < -0.39 is 0 Å². The van der Waals surface area contributed by atoms with Crippen molar-refractivity contribution in [2.75, 3.05) is 18.0 Å². The maximum Gasteiger partial charge on any atom is 0.224 e. The van der Waals surface area contributed by atoms with E-state index in [9.17, 15) is 0 Å². The SMILES string of the molecule is Clc1ncc(Br)c(N2CCC3CCCCC3C2)n1. The summed E-state index contributed by atoms with van der Waals surface area (Å²) in [7, 11) is 0. The van der Waals surface area contributed by atoms with Crippen LogP contribution in [0.15, 0.2) is 10.7 Å². The first kappa shape index (κ1) is 12.7. The summed E-state index contributed by atoms with van der Waals surface area (Å²) in [6, 6.07) is 0. The van der Waals surface area contributed by atoms with Crippen molar-refractivity contribution in [3.05, 3.63) is 16.0 Å². The molecule has 1 aromatic heterocycles. The van der Waals surface area contributed by atoms with Gasteiger partial charge in [-0.15, -0.1) is 0 Å². The fourth-order valence-corrected chi connectivity index (χ4v) is 3.92. The minimum Gasteiger partial charge on any atom is -0.355 e. The highest BCUT2D eigenvalue weighted by Crippen LogP contribution is 2.38.